The number of nitrogens with one attached hydrogen (secondary N) is 2. The molecule has 0 saturated carbocycles. The van der Waals surface area contributed by atoms with E-state index < -0.39 is 19.1 Å². The van der Waals surface area contributed by atoms with Gasteiger partial charge in [-0.3, -0.25) is 4.90 Å². The molecule has 0 atom stereocenters. The quantitative estimate of drug-likeness (QED) is 0.246. The summed E-state index contributed by atoms with van der Waals surface area (Å²) in [6.45, 7) is 2.74. The Labute approximate surface area is 217 Å². The fourth-order valence-corrected chi connectivity index (χ4v) is 4.93. The number of fused-ring (bicyclic) bond motifs is 1. The summed E-state index contributed by atoms with van der Waals surface area (Å²) in [5.41, 5.74) is 3.81. The van der Waals surface area contributed by atoms with Crippen LogP contribution in [0.5, 0.6) is 5.75 Å². The van der Waals surface area contributed by atoms with Gasteiger partial charge in [-0.05, 0) is 81.3 Å². The molecule has 0 amide bonds. The maximum Gasteiger partial charge on any atom is 0.573 e. The second kappa shape index (κ2) is 12.0. The van der Waals surface area contributed by atoms with Crippen molar-refractivity contribution in [2.24, 2.45) is 0 Å². The molecule has 0 radical (unpaired) electrons. The maximum atomic E-state index is 12.6. The van der Waals surface area contributed by atoms with Gasteiger partial charge in [-0.15, -0.1) is 13.2 Å². The summed E-state index contributed by atoms with van der Waals surface area (Å²) in [4.78, 5) is 2.24. The number of likely N-dealkylation sites (tertiary alicyclic amines) is 1. The van der Waals surface area contributed by atoms with Gasteiger partial charge >= 0.3 is 12.5 Å². The van der Waals surface area contributed by atoms with Crippen molar-refractivity contribution in [3.8, 4) is 16.9 Å². The number of alkyl halides is 6. The Balaban J connectivity index is 1.52. The van der Waals surface area contributed by atoms with Gasteiger partial charge in [0.2, 0.25) is 0 Å². The van der Waals surface area contributed by atoms with Gasteiger partial charge in [-0.25, -0.2) is 0 Å². The number of hydrogen-bond donors (Lipinski definition) is 2. The third-order valence-corrected chi connectivity index (χ3v) is 6.76. The molecule has 3 aromatic rings. The Morgan fingerprint density at radius 3 is 2.32 bits per heavy atom. The van der Waals surface area contributed by atoms with E-state index in [1.165, 1.54) is 12.1 Å². The van der Waals surface area contributed by atoms with Gasteiger partial charge in [0.15, 0.2) is 0 Å². The highest BCUT2D eigenvalue weighted by Crippen LogP contribution is 2.34. The van der Waals surface area contributed by atoms with Crippen molar-refractivity contribution in [3.63, 3.8) is 0 Å². The average molecular weight is 543 g/mol. The molecular formula is C27H32F6N4O. The number of nitrogens with zero attached hydrogens (tertiary/aromatic N) is 2. The monoisotopic (exact) mass is 542 g/mol. The average Bonchev–Trinajstić information content (AvgIpc) is 3.21. The largest absolute Gasteiger partial charge is 0.573 e. The first-order valence-electron chi connectivity index (χ1n) is 12.7. The van der Waals surface area contributed by atoms with Gasteiger partial charge in [0.1, 0.15) is 5.75 Å². The van der Waals surface area contributed by atoms with Crippen molar-refractivity contribution in [2.75, 3.05) is 33.2 Å². The van der Waals surface area contributed by atoms with Crippen LogP contribution in [-0.4, -0.2) is 61.3 Å². The third-order valence-electron chi connectivity index (χ3n) is 6.76. The number of benzene rings is 2. The van der Waals surface area contributed by atoms with E-state index in [0.29, 0.717) is 32.5 Å². The van der Waals surface area contributed by atoms with Crippen LogP contribution in [0.2, 0.25) is 0 Å². The van der Waals surface area contributed by atoms with Crippen LogP contribution in [-0.2, 0) is 13.1 Å². The topological polar surface area (TPSA) is 41.5 Å². The Kier molecular flexibility index (Phi) is 8.89. The fourth-order valence-electron chi connectivity index (χ4n) is 4.93. The number of aromatic nitrogens is 1. The van der Waals surface area contributed by atoms with Crippen LogP contribution in [0.4, 0.5) is 26.3 Å². The molecule has 208 valence electrons. The number of hydrogen-bond acceptors (Lipinski definition) is 4. The summed E-state index contributed by atoms with van der Waals surface area (Å²) < 4.78 is 81.4. The number of aryl methyl sites for hydroxylation is 1. The van der Waals surface area contributed by atoms with Crippen LogP contribution >= 0.6 is 0 Å². The van der Waals surface area contributed by atoms with E-state index >= 15 is 0 Å². The highest BCUT2D eigenvalue weighted by atomic mass is 19.4. The minimum absolute atomic E-state index is 0.141. The molecule has 0 bridgehead atoms. The van der Waals surface area contributed by atoms with Crippen molar-refractivity contribution in [1.82, 2.24) is 20.1 Å². The van der Waals surface area contributed by atoms with Crippen molar-refractivity contribution >= 4 is 10.9 Å². The zero-order valence-corrected chi connectivity index (χ0v) is 21.1. The second-order valence-electron chi connectivity index (χ2n) is 9.66. The van der Waals surface area contributed by atoms with Crippen molar-refractivity contribution in [1.29, 1.82) is 0 Å². The Hall–Kier alpha value is -2.76. The Bertz CT molecular complexity index is 1180. The van der Waals surface area contributed by atoms with Crippen LogP contribution in [0.15, 0.2) is 48.7 Å². The molecule has 5 nitrogen and oxygen atoms in total. The molecule has 1 saturated heterocycles. The van der Waals surface area contributed by atoms with Crippen molar-refractivity contribution in [2.45, 2.75) is 50.9 Å². The van der Waals surface area contributed by atoms with E-state index in [-0.39, 0.29) is 11.8 Å². The normalized spacial score (nSPS) is 15.9. The van der Waals surface area contributed by atoms with Crippen LogP contribution in [0.3, 0.4) is 0 Å². The Morgan fingerprint density at radius 2 is 1.68 bits per heavy atom. The molecule has 2 aromatic carbocycles. The van der Waals surface area contributed by atoms with Gasteiger partial charge < -0.3 is 19.9 Å². The van der Waals surface area contributed by atoms with Gasteiger partial charge in [-0.1, -0.05) is 18.2 Å². The van der Waals surface area contributed by atoms with Gasteiger partial charge in [0.05, 0.1) is 6.54 Å². The number of halogens is 6. The molecule has 1 aliphatic rings. The van der Waals surface area contributed by atoms with Crippen LogP contribution < -0.4 is 15.4 Å². The molecule has 11 heteroatoms. The predicted octanol–water partition coefficient (Wildman–Crippen LogP) is 5.93. The molecular weight excluding hydrogens is 510 g/mol. The lowest BCUT2D eigenvalue weighted by atomic mass is 10.0. The standard InChI is InChI=1S/C27H32F6N4O/c1-34-11-2-12-37-17-24(20-4-6-22(7-5-20)38-27(31,32)33)23-15-19(3-8-25(23)37)16-36-13-9-21(10-14-36)35-18-26(28,29)30/h3-8,15,17,21,34-35H,2,9-14,16,18H2,1H3. The van der Waals surface area contributed by atoms with Gasteiger partial charge in [-0.2, -0.15) is 13.2 Å². The molecule has 1 fully saturated rings. The first-order valence-corrected chi connectivity index (χ1v) is 12.7. The van der Waals surface area contributed by atoms with Gasteiger partial charge in [0, 0.05) is 41.8 Å². The SMILES string of the molecule is CNCCCn1cc(-c2ccc(OC(F)(F)F)cc2)c2cc(CN3CCC(NCC(F)(F)F)CC3)ccc21. The van der Waals surface area contributed by atoms with Crippen molar-refractivity contribution in [3.05, 3.63) is 54.2 Å². The van der Waals surface area contributed by atoms with Crippen molar-refractivity contribution < 1.29 is 31.1 Å². The van der Waals surface area contributed by atoms with Crippen LogP contribution in [0.25, 0.3) is 22.0 Å². The minimum Gasteiger partial charge on any atom is -0.406 e. The molecule has 1 aliphatic heterocycles. The lowest BCUT2D eigenvalue weighted by Gasteiger charge is -2.32. The maximum absolute atomic E-state index is 12.6. The fraction of sp³-hybridized carbons (Fsp3) is 0.481. The molecule has 38 heavy (non-hydrogen) atoms. The summed E-state index contributed by atoms with van der Waals surface area (Å²) in [5, 5.41) is 6.74. The van der Waals surface area contributed by atoms with E-state index in [9.17, 15) is 26.3 Å². The van der Waals surface area contributed by atoms with Crippen LogP contribution in [0, 0.1) is 0 Å². The van der Waals surface area contributed by atoms with E-state index in [4.69, 9.17) is 0 Å². The summed E-state index contributed by atoms with van der Waals surface area (Å²) in [7, 11) is 1.89. The highest BCUT2D eigenvalue weighted by molar-refractivity contribution is 5.96. The zero-order valence-electron chi connectivity index (χ0n) is 21.1. The molecule has 0 unspecified atom stereocenters. The first-order chi connectivity index (χ1) is 18.0. The highest BCUT2D eigenvalue weighted by Gasteiger charge is 2.31. The molecule has 0 spiro atoms. The molecule has 1 aromatic heterocycles. The van der Waals surface area contributed by atoms with Crippen LogP contribution in [0.1, 0.15) is 24.8 Å². The predicted molar refractivity (Wildman–Crippen MR) is 135 cm³/mol. The van der Waals surface area contributed by atoms with Gasteiger partial charge in [0.25, 0.3) is 0 Å². The molecule has 0 aliphatic carbocycles. The number of piperidine rings is 1. The summed E-state index contributed by atoms with van der Waals surface area (Å²) >= 11 is 0. The summed E-state index contributed by atoms with van der Waals surface area (Å²) in [6, 6.07) is 12.0. The zero-order chi connectivity index (χ0) is 27.3. The lowest BCUT2D eigenvalue weighted by Crippen LogP contribution is -2.44. The summed E-state index contributed by atoms with van der Waals surface area (Å²) in [5.74, 6) is -0.271. The van der Waals surface area contributed by atoms with E-state index in [2.05, 4.69) is 43.0 Å². The molecule has 2 heterocycles. The second-order valence-corrected chi connectivity index (χ2v) is 9.66. The third kappa shape index (κ3) is 7.87. The first kappa shape index (κ1) is 28.3. The molecule has 2 N–H and O–H groups in total. The minimum atomic E-state index is -4.75. The number of ether oxygens (including phenoxy) is 1. The molecule has 4 rings (SSSR count). The van der Waals surface area contributed by atoms with E-state index in [0.717, 1.165) is 47.1 Å². The smallest absolute Gasteiger partial charge is 0.406 e. The van der Waals surface area contributed by atoms with E-state index in [1.54, 1.807) is 12.1 Å². The number of rotatable bonds is 10. The summed E-state index contributed by atoms with van der Waals surface area (Å²) in [6.07, 6.45) is -4.71. The lowest BCUT2D eigenvalue weighted by molar-refractivity contribution is -0.274. The Morgan fingerprint density at radius 1 is 0.974 bits per heavy atom. The van der Waals surface area contributed by atoms with E-state index in [1.807, 2.05) is 13.2 Å².